The summed E-state index contributed by atoms with van der Waals surface area (Å²) in [5, 5.41) is 6.37. The minimum atomic E-state index is -4.53. The van der Waals surface area contributed by atoms with Crippen molar-refractivity contribution >= 4 is 35.0 Å². The molecule has 146 valence electrons. The first kappa shape index (κ1) is 20.2. The van der Waals surface area contributed by atoms with E-state index in [9.17, 15) is 18.0 Å². The second-order valence-corrected chi connectivity index (χ2v) is 7.11. The first-order chi connectivity index (χ1) is 13.2. The summed E-state index contributed by atoms with van der Waals surface area (Å²) < 4.78 is 43.4. The van der Waals surface area contributed by atoms with E-state index >= 15 is 0 Å². The third-order valence-electron chi connectivity index (χ3n) is 3.61. The molecule has 0 saturated carbocycles. The molecule has 0 aliphatic rings. The van der Waals surface area contributed by atoms with Crippen molar-refractivity contribution in [2.75, 3.05) is 11.1 Å². The molecule has 0 aliphatic heterocycles. The van der Waals surface area contributed by atoms with Crippen LogP contribution in [-0.2, 0) is 11.0 Å². The molecule has 1 N–H and O–H groups in total. The van der Waals surface area contributed by atoms with Crippen LogP contribution in [0.3, 0.4) is 0 Å². The van der Waals surface area contributed by atoms with Gasteiger partial charge in [0, 0.05) is 5.56 Å². The summed E-state index contributed by atoms with van der Waals surface area (Å²) in [7, 11) is 0. The van der Waals surface area contributed by atoms with Crippen molar-refractivity contribution in [3.05, 3.63) is 58.6 Å². The van der Waals surface area contributed by atoms with E-state index in [1.807, 2.05) is 31.2 Å². The van der Waals surface area contributed by atoms with E-state index < -0.39 is 17.6 Å². The van der Waals surface area contributed by atoms with Crippen LogP contribution in [0.2, 0.25) is 5.02 Å². The van der Waals surface area contributed by atoms with Gasteiger partial charge in [0.1, 0.15) is 0 Å². The van der Waals surface area contributed by atoms with Gasteiger partial charge in [0.05, 0.1) is 22.0 Å². The Bertz CT molecular complexity index is 990. The summed E-state index contributed by atoms with van der Waals surface area (Å²) in [5.74, 6) is -0.313. The quantitative estimate of drug-likeness (QED) is 0.548. The number of amides is 1. The number of nitrogens with zero attached hydrogens (tertiary/aromatic N) is 2. The van der Waals surface area contributed by atoms with Gasteiger partial charge >= 0.3 is 6.18 Å². The largest absolute Gasteiger partial charge is 0.416 e. The average Bonchev–Trinajstić information content (AvgIpc) is 3.10. The zero-order valence-electron chi connectivity index (χ0n) is 14.4. The van der Waals surface area contributed by atoms with Gasteiger partial charge in [-0.15, -0.1) is 0 Å². The molecule has 0 aliphatic carbocycles. The summed E-state index contributed by atoms with van der Waals surface area (Å²) in [6.45, 7) is 1.95. The lowest BCUT2D eigenvalue weighted by molar-refractivity contribution is -0.137. The van der Waals surface area contributed by atoms with Crippen molar-refractivity contribution in [3.8, 4) is 11.4 Å². The minimum Gasteiger partial charge on any atom is -0.327 e. The second-order valence-electron chi connectivity index (χ2n) is 5.78. The van der Waals surface area contributed by atoms with E-state index in [0.717, 1.165) is 41.1 Å². The normalized spacial score (nSPS) is 11.5. The summed E-state index contributed by atoms with van der Waals surface area (Å²) in [5.41, 5.74) is 0.834. The maximum absolute atomic E-state index is 12.8. The number of benzene rings is 2. The number of aryl methyl sites for hydroxylation is 1. The van der Waals surface area contributed by atoms with Crippen LogP contribution in [0.15, 0.2) is 52.2 Å². The van der Waals surface area contributed by atoms with Crippen LogP contribution in [0.5, 0.6) is 0 Å². The molecular weight excluding hydrogens is 415 g/mol. The van der Waals surface area contributed by atoms with E-state index in [-0.39, 0.29) is 21.7 Å². The van der Waals surface area contributed by atoms with Crippen molar-refractivity contribution in [1.82, 2.24) is 10.1 Å². The zero-order chi connectivity index (χ0) is 20.3. The molecule has 2 aromatic carbocycles. The van der Waals surface area contributed by atoms with Crippen LogP contribution >= 0.6 is 23.4 Å². The second kappa shape index (κ2) is 8.24. The predicted octanol–water partition coefficient (Wildman–Crippen LogP) is 5.45. The Morgan fingerprint density at radius 1 is 1.21 bits per heavy atom. The van der Waals surface area contributed by atoms with E-state index in [4.69, 9.17) is 16.1 Å². The Kier molecular flexibility index (Phi) is 5.95. The first-order valence-electron chi connectivity index (χ1n) is 7.92. The summed E-state index contributed by atoms with van der Waals surface area (Å²) in [6.07, 6.45) is -4.53. The topological polar surface area (TPSA) is 68.0 Å². The molecular formula is C18H13ClF3N3O2S. The standard InChI is InChI=1S/C18H13ClF3N3O2S/c1-10-2-4-11(5-3-10)16-24-17(27-25-16)28-9-15(26)23-14-8-12(18(20,21)22)6-7-13(14)19/h2-8H,9H2,1H3,(H,23,26). The van der Waals surface area contributed by atoms with Crippen molar-refractivity contribution in [2.45, 2.75) is 18.3 Å². The number of thioether (sulfide) groups is 1. The molecule has 5 nitrogen and oxygen atoms in total. The number of carbonyl (C=O) groups is 1. The number of nitrogens with one attached hydrogen (secondary N) is 1. The number of hydrogen-bond donors (Lipinski definition) is 1. The van der Waals surface area contributed by atoms with Crippen molar-refractivity contribution in [3.63, 3.8) is 0 Å². The van der Waals surface area contributed by atoms with Crippen LogP contribution in [0, 0.1) is 6.92 Å². The molecule has 0 unspecified atom stereocenters. The van der Waals surface area contributed by atoms with Gasteiger partial charge in [-0.3, -0.25) is 4.79 Å². The number of hydrogen-bond acceptors (Lipinski definition) is 5. The van der Waals surface area contributed by atoms with Crippen LogP contribution in [-0.4, -0.2) is 21.8 Å². The van der Waals surface area contributed by atoms with Crippen molar-refractivity contribution in [2.24, 2.45) is 0 Å². The van der Waals surface area contributed by atoms with Gasteiger partial charge in [0.2, 0.25) is 11.7 Å². The van der Waals surface area contributed by atoms with Crippen molar-refractivity contribution in [1.29, 1.82) is 0 Å². The highest BCUT2D eigenvalue weighted by Gasteiger charge is 2.31. The smallest absolute Gasteiger partial charge is 0.327 e. The van der Waals surface area contributed by atoms with Gasteiger partial charge in [0.15, 0.2) is 0 Å². The Labute approximate surface area is 167 Å². The third kappa shape index (κ3) is 5.05. The number of halogens is 4. The molecule has 0 atom stereocenters. The van der Waals surface area contributed by atoms with E-state index in [1.165, 1.54) is 0 Å². The predicted molar refractivity (Wildman–Crippen MR) is 100 cm³/mol. The van der Waals surface area contributed by atoms with Crippen LogP contribution < -0.4 is 5.32 Å². The SMILES string of the molecule is Cc1ccc(-c2noc(SCC(=O)Nc3cc(C(F)(F)F)ccc3Cl)n2)cc1. The maximum Gasteiger partial charge on any atom is 0.416 e. The number of alkyl halides is 3. The number of anilines is 1. The fourth-order valence-electron chi connectivity index (χ4n) is 2.20. The summed E-state index contributed by atoms with van der Waals surface area (Å²) in [6, 6.07) is 10.2. The summed E-state index contributed by atoms with van der Waals surface area (Å²) in [4.78, 5) is 16.2. The molecule has 1 heterocycles. The fraction of sp³-hybridized carbons (Fsp3) is 0.167. The average molecular weight is 428 g/mol. The molecule has 3 rings (SSSR count). The van der Waals surface area contributed by atoms with Crippen LogP contribution in [0.4, 0.5) is 18.9 Å². The van der Waals surface area contributed by atoms with Gasteiger partial charge < -0.3 is 9.84 Å². The maximum atomic E-state index is 12.8. The fourth-order valence-corrected chi connectivity index (χ4v) is 2.93. The lowest BCUT2D eigenvalue weighted by Gasteiger charge is -2.11. The van der Waals surface area contributed by atoms with E-state index in [1.54, 1.807) is 0 Å². The van der Waals surface area contributed by atoms with Gasteiger partial charge in [-0.1, -0.05) is 58.3 Å². The van der Waals surface area contributed by atoms with Gasteiger partial charge in [-0.25, -0.2) is 0 Å². The molecule has 1 amide bonds. The van der Waals surface area contributed by atoms with E-state index in [0.29, 0.717) is 5.82 Å². The Morgan fingerprint density at radius 2 is 1.93 bits per heavy atom. The molecule has 0 fully saturated rings. The molecule has 10 heteroatoms. The third-order valence-corrected chi connectivity index (χ3v) is 4.76. The number of rotatable bonds is 5. The van der Waals surface area contributed by atoms with Crippen LogP contribution in [0.25, 0.3) is 11.4 Å². The lowest BCUT2D eigenvalue weighted by atomic mass is 10.1. The minimum absolute atomic E-state index is 0.00537. The molecule has 0 radical (unpaired) electrons. The Hall–Kier alpha value is -2.52. The number of aromatic nitrogens is 2. The molecule has 3 aromatic rings. The van der Waals surface area contributed by atoms with Gasteiger partial charge in [0.25, 0.3) is 5.22 Å². The Balaban J connectivity index is 1.61. The van der Waals surface area contributed by atoms with Gasteiger partial charge in [-0.05, 0) is 25.1 Å². The zero-order valence-corrected chi connectivity index (χ0v) is 16.0. The molecule has 28 heavy (non-hydrogen) atoms. The number of carbonyl (C=O) groups excluding carboxylic acids is 1. The molecule has 1 aromatic heterocycles. The molecule has 0 spiro atoms. The monoisotopic (exact) mass is 427 g/mol. The summed E-state index contributed by atoms with van der Waals surface area (Å²) >= 11 is 6.82. The van der Waals surface area contributed by atoms with E-state index in [2.05, 4.69) is 15.5 Å². The molecule has 0 saturated heterocycles. The first-order valence-corrected chi connectivity index (χ1v) is 9.29. The van der Waals surface area contributed by atoms with Gasteiger partial charge in [-0.2, -0.15) is 18.2 Å². The van der Waals surface area contributed by atoms with Crippen LogP contribution in [0.1, 0.15) is 11.1 Å². The lowest BCUT2D eigenvalue weighted by Crippen LogP contribution is -2.15. The Morgan fingerprint density at radius 3 is 2.61 bits per heavy atom. The highest BCUT2D eigenvalue weighted by Crippen LogP contribution is 2.34. The highest BCUT2D eigenvalue weighted by molar-refractivity contribution is 7.99. The highest BCUT2D eigenvalue weighted by atomic mass is 35.5. The molecule has 0 bridgehead atoms. The van der Waals surface area contributed by atoms with Crippen molar-refractivity contribution < 1.29 is 22.5 Å².